The minimum atomic E-state index is 0.0580. The summed E-state index contributed by atoms with van der Waals surface area (Å²) in [6.45, 7) is 5.94. The van der Waals surface area contributed by atoms with E-state index in [1.54, 1.807) is 0 Å². The Bertz CT molecular complexity index is 952. The fourth-order valence-corrected chi connectivity index (χ4v) is 3.92. The van der Waals surface area contributed by atoms with E-state index < -0.39 is 0 Å². The van der Waals surface area contributed by atoms with E-state index in [4.69, 9.17) is 9.26 Å². The third-order valence-corrected chi connectivity index (χ3v) is 5.32. The maximum absolute atomic E-state index is 12.7. The van der Waals surface area contributed by atoms with Crippen molar-refractivity contribution in [1.29, 1.82) is 0 Å². The molecule has 7 nitrogen and oxygen atoms in total. The lowest BCUT2D eigenvalue weighted by atomic mass is 9.94. The minimum Gasteiger partial charge on any atom is -0.372 e. The number of nitrogens with zero attached hydrogens (tertiary/aromatic N) is 4. The molecular weight excluding hydrogens is 364 g/mol. The topological polar surface area (TPSA) is 81.4 Å². The van der Waals surface area contributed by atoms with Crippen LogP contribution in [-0.2, 0) is 24.3 Å². The molecule has 4 heterocycles. The van der Waals surface area contributed by atoms with Crippen molar-refractivity contribution in [2.45, 2.75) is 33.4 Å². The Kier molecular flexibility index (Phi) is 5.00. The van der Waals surface area contributed by atoms with E-state index in [1.165, 1.54) is 11.3 Å². The van der Waals surface area contributed by atoms with E-state index in [0.29, 0.717) is 38.0 Å². The van der Waals surface area contributed by atoms with Crippen LogP contribution in [0, 0.1) is 6.92 Å². The number of ether oxygens (including phenoxy) is 1. The Labute approximate surface area is 161 Å². The smallest absolute Gasteiger partial charge is 0.255 e. The van der Waals surface area contributed by atoms with Crippen LogP contribution >= 0.6 is 11.3 Å². The molecule has 0 N–H and O–H groups in total. The summed E-state index contributed by atoms with van der Waals surface area (Å²) in [5, 5.41) is 7.92. The first-order valence-corrected chi connectivity index (χ1v) is 9.81. The van der Waals surface area contributed by atoms with Gasteiger partial charge in [0.1, 0.15) is 6.61 Å². The first-order valence-electron chi connectivity index (χ1n) is 8.87. The van der Waals surface area contributed by atoms with Crippen molar-refractivity contribution in [2.24, 2.45) is 0 Å². The zero-order valence-electron chi connectivity index (χ0n) is 15.3. The van der Waals surface area contributed by atoms with Crippen molar-refractivity contribution >= 4 is 17.2 Å². The average Bonchev–Trinajstić information content (AvgIpc) is 3.37. The second-order valence-corrected chi connectivity index (χ2v) is 7.14. The van der Waals surface area contributed by atoms with Crippen molar-refractivity contribution in [3.63, 3.8) is 0 Å². The quantitative estimate of drug-likeness (QED) is 0.672. The van der Waals surface area contributed by atoms with E-state index in [1.807, 2.05) is 41.8 Å². The largest absolute Gasteiger partial charge is 0.372 e. The lowest BCUT2D eigenvalue weighted by Crippen LogP contribution is -2.36. The van der Waals surface area contributed by atoms with Gasteiger partial charge in [-0.25, -0.2) is 0 Å². The summed E-state index contributed by atoms with van der Waals surface area (Å²) in [4.78, 5) is 23.5. The predicted octanol–water partition coefficient (Wildman–Crippen LogP) is 3.24. The number of pyridine rings is 1. The lowest BCUT2D eigenvalue weighted by molar-refractivity contribution is 0.0735. The highest BCUT2D eigenvalue weighted by molar-refractivity contribution is 7.08. The Morgan fingerprint density at radius 2 is 2.33 bits per heavy atom. The second kappa shape index (κ2) is 7.58. The van der Waals surface area contributed by atoms with Gasteiger partial charge in [-0.3, -0.25) is 9.78 Å². The molecule has 8 heteroatoms. The van der Waals surface area contributed by atoms with Gasteiger partial charge in [0, 0.05) is 42.5 Å². The van der Waals surface area contributed by atoms with Crippen LogP contribution in [0.5, 0.6) is 0 Å². The third kappa shape index (κ3) is 3.50. The van der Waals surface area contributed by atoms with Crippen LogP contribution < -0.4 is 0 Å². The number of aryl methyl sites for hydroxylation is 1. The number of amides is 1. The molecule has 0 saturated heterocycles. The standard InChI is InChI=1S/C19H20N4O3S/c1-3-25-10-16-21-18(22-26-16)17-12(2)20-8-14-9-23(6-4-15(14)17)19(24)13-5-7-27-11-13/h5,7-8,11H,3-4,6,9-10H2,1-2H3. The molecule has 4 rings (SSSR count). The molecule has 1 amide bonds. The molecule has 0 unspecified atom stereocenters. The average molecular weight is 384 g/mol. The van der Waals surface area contributed by atoms with Gasteiger partial charge in [-0.1, -0.05) is 5.16 Å². The van der Waals surface area contributed by atoms with E-state index in [0.717, 1.165) is 34.4 Å². The monoisotopic (exact) mass is 384 g/mol. The number of hydrogen-bond acceptors (Lipinski definition) is 7. The van der Waals surface area contributed by atoms with Crippen LogP contribution in [0.1, 0.15) is 40.0 Å². The van der Waals surface area contributed by atoms with Crippen LogP contribution in [0.3, 0.4) is 0 Å². The zero-order valence-corrected chi connectivity index (χ0v) is 16.1. The summed E-state index contributed by atoms with van der Waals surface area (Å²) in [5.74, 6) is 1.04. The van der Waals surface area contributed by atoms with Gasteiger partial charge in [-0.15, -0.1) is 0 Å². The Balaban J connectivity index is 1.62. The molecule has 0 bridgehead atoms. The van der Waals surface area contributed by atoms with Crippen LogP contribution in [-0.4, -0.2) is 39.1 Å². The molecule has 0 radical (unpaired) electrons. The maximum atomic E-state index is 12.7. The van der Waals surface area contributed by atoms with E-state index >= 15 is 0 Å². The highest BCUT2D eigenvalue weighted by Crippen LogP contribution is 2.31. The molecule has 1 aliphatic heterocycles. The number of rotatable bonds is 5. The molecule has 0 aliphatic carbocycles. The number of carbonyl (C=O) groups excluding carboxylic acids is 1. The first-order chi connectivity index (χ1) is 13.2. The van der Waals surface area contributed by atoms with Gasteiger partial charge in [0.15, 0.2) is 0 Å². The fourth-order valence-electron chi connectivity index (χ4n) is 3.29. The molecule has 0 aromatic carbocycles. The Morgan fingerprint density at radius 1 is 1.44 bits per heavy atom. The summed E-state index contributed by atoms with van der Waals surface area (Å²) in [6.07, 6.45) is 2.58. The molecule has 0 spiro atoms. The number of hydrogen-bond donors (Lipinski definition) is 0. The summed E-state index contributed by atoms with van der Waals surface area (Å²) in [6, 6.07) is 1.86. The summed E-state index contributed by atoms with van der Waals surface area (Å²) < 4.78 is 10.6. The predicted molar refractivity (Wildman–Crippen MR) is 100 cm³/mol. The molecule has 0 atom stereocenters. The van der Waals surface area contributed by atoms with E-state index in [2.05, 4.69) is 15.1 Å². The number of thiophene rings is 1. The van der Waals surface area contributed by atoms with Crippen LogP contribution in [0.4, 0.5) is 0 Å². The van der Waals surface area contributed by atoms with E-state index in [9.17, 15) is 4.79 Å². The van der Waals surface area contributed by atoms with Crippen molar-refractivity contribution in [3.05, 3.63) is 51.3 Å². The minimum absolute atomic E-state index is 0.0580. The second-order valence-electron chi connectivity index (χ2n) is 6.36. The van der Waals surface area contributed by atoms with Gasteiger partial charge in [0.05, 0.1) is 5.56 Å². The Morgan fingerprint density at radius 3 is 3.11 bits per heavy atom. The molecule has 0 saturated carbocycles. The van der Waals surface area contributed by atoms with Crippen molar-refractivity contribution in [3.8, 4) is 11.4 Å². The zero-order chi connectivity index (χ0) is 18.8. The van der Waals surface area contributed by atoms with Crippen LogP contribution in [0.15, 0.2) is 27.5 Å². The summed E-state index contributed by atoms with van der Waals surface area (Å²) >= 11 is 1.53. The molecular formula is C19H20N4O3S. The van der Waals surface area contributed by atoms with Crippen molar-refractivity contribution in [2.75, 3.05) is 13.2 Å². The highest BCUT2D eigenvalue weighted by atomic mass is 32.1. The number of aromatic nitrogens is 3. The Hall–Kier alpha value is -2.58. The fraction of sp³-hybridized carbons (Fsp3) is 0.368. The maximum Gasteiger partial charge on any atom is 0.255 e. The number of carbonyl (C=O) groups is 1. The third-order valence-electron chi connectivity index (χ3n) is 4.63. The van der Waals surface area contributed by atoms with Crippen LogP contribution in [0.25, 0.3) is 11.4 Å². The normalized spacial score (nSPS) is 13.6. The summed E-state index contributed by atoms with van der Waals surface area (Å²) in [7, 11) is 0. The van der Waals surface area contributed by atoms with E-state index in [-0.39, 0.29) is 5.91 Å². The summed E-state index contributed by atoms with van der Waals surface area (Å²) in [5.41, 5.74) is 4.67. The molecule has 3 aromatic rings. The van der Waals surface area contributed by atoms with Gasteiger partial charge in [-0.05, 0) is 42.8 Å². The lowest BCUT2D eigenvalue weighted by Gasteiger charge is -2.29. The molecule has 1 aliphatic rings. The van der Waals surface area contributed by atoms with Crippen molar-refractivity contribution in [1.82, 2.24) is 20.0 Å². The number of fused-ring (bicyclic) bond motifs is 1. The molecule has 3 aromatic heterocycles. The van der Waals surface area contributed by atoms with Crippen LogP contribution in [0.2, 0.25) is 0 Å². The van der Waals surface area contributed by atoms with Gasteiger partial charge >= 0.3 is 0 Å². The van der Waals surface area contributed by atoms with Crippen molar-refractivity contribution < 1.29 is 14.1 Å². The van der Waals surface area contributed by atoms with Gasteiger partial charge in [0.25, 0.3) is 11.8 Å². The van der Waals surface area contributed by atoms with Gasteiger partial charge in [-0.2, -0.15) is 16.3 Å². The highest BCUT2D eigenvalue weighted by Gasteiger charge is 2.27. The van der Waals surface area contributed by atoms with Gasteiger partial charge in [0.2, 0.25) is 5.82 Å². The SMILES string of the molecule is CCOCc1nc(-c2c(C)ncc3c2CCN(C(=O)c2ccsc2)C3)no1. The molecule has 0 fully saturated rings. The molecule has 27 heavy (non-hydrogen) atoms. The molecule has 140 valence electrons. The van der Waals surface area contributed by atoms with Gasteiger partial charge < -0.3 is 14.2 Å². The first kappa shape index (κ1) is 17.8.